The molecule has 2 heterocycles. The molecule has 2 N–H and O–H groups in total. The number of methoxy groups -OCH3 is 1. The fourth-order valence-corrected chi connectivity index (χ4v) is 3.89. The number of thiophene rings is 1. The van der Waals surface area contributed by atoms with Gasteiger partial charge in [-0.25, -0.2) is 14.8 Å². The molecular weight excluding hydrogens is 374 g/mol. The van der Waals surface area contributed by atoms with Gasteiger partial charge in [-0.3, -0.25) is 0 Å². The fraction of sp³-hybridized carbons (Fsp3) is 0.0952. The number of carbonyl (C=O) groups is 1. The van der Waals surface area contributed by atoms with Gasteiger partial charge in [-0.15, -0.1) is 11.3 Å². The van der Waals surface area contributed by atoms with E-state index in [1.165, 1.54) is 17.7 Å². The maximum Gasteiger partial charge on any atom is 0.335 e. The predicted octanol–water partition coefficient (Wildman–Crippen LogP) is 5.12. The number of rotatable bonds is 5. The van der Waals surface area contributed by atoms with Gasteiger partial charge in [-0.05, 0) is 42.3 Å². The van der Waals surface area contributed by atoms with Crippen LogP contribution >= 0.6 is 11.3 Å². The summed E-state index contributed by atoms with van der Waals surface area (Å²) >= 11 is 1.54. The zero-order chi connectivity index (χ0) is 19.7. The van der Waals surface area contributed by atoms with E-state index in [1.807, 2.05) is 36.6 Å². The van der Waals surface area contributed by atoms with Crippen molar-refractivity contribution in [2.45, 2.75) is 6.92 Å². The van der Waals surface area contributed by atoms with Crippen molar-refractivity contribution in [3.05, 3.63) is 65.3 Å². The maximum absolute atomic E-state index is 11.3. The molecule has 0 unspecified atom stereocenters. The molecule has 0 amide bonds. The maximum atomic E-state index is 11.3. The number of nitrogens with one attached hydrogen (secondary N) is 1. The fourth-order valence-electron chi connectivity index (χ4n) is 2.97. The Kier molecular flexibility index (Phi) is 4.67. The lowest BCUT2D eigenvalue weighted by atomic mass is 10.1. The Hall–Kier alpha value is -3.45. The molecule has 7 heteroatoms. The van der Waals surface area contributed by atoms with Crippen LogP contribution in [-0.4, -0.2) is 28.2 Å². The zero-order valence-electron chi connectivity index (χ0n) is 15.3. The van der Waals surface area contributed by atoms with Gasteiger partial charge in [-0.2, -0.15) is 0 Å². The van der Waals surface area contributed by atoms with E-state index in [0.29, 0.717) is 11.5 Å². The van der Waals surface area contributed by atoms with E-state index in [2.05, 4.69) is 15.3 Å². The quantitative estimate of drug-likeness (QED) is 0.491. The van der Waals surface area contributed by atoms with E-state index in [9.17, 15) is 9.90 Å². The monoisotopic (exact) mass is 391 g/mol. The second-order valence-corrected chi connectivity index (χ2v) is 7.10. The number of nitrogens with zero attached hydrogens (tertiary/aromatic N) is 2. The Balaban J connectivity index is 1.81. The Bertz CT molecular complexity index is 1170. The molecule has 2 aromatic heterocycles. The van der Waals surface area contributed by atoms with Crippen molar-refractivity contribution < 1.29 is 14.6 Å². The first kappa shape index (κ1) is 17.9. The summed E-state index contributed by atoms with van der Waals surface area (Å²) in [6, 6.07) is 12.8. The summed E-state index contributed by atoms with van der Waals surface area (Å²) < 4.78 is 5.24. The van der Waals surface area contributed by atoms with E-state index < -0.39 is 5.97 Å². The van der Waals surface area contributed by atoms with Crippen LogP contribution in [0.25, 0.3) is 21.3 Å². The molecule has 0 radical (unpaired) electrons. The van der Waals surface area contributed by atoms with Crippen LogP contribution in [0.4, 0.5) is 11.5 Å². The van der Waals surface area contributed by atoms with Gasteiger partial charge in [0.1, 0.15) is 22.7 Å². The minimum absolute atomic E-state index is 0.221. The average Bonchev–Trinajstić information content (AvgIpc) is 3.14. The molecule has 0 bridgehead atoms. The number of benzene rings is 2. The Morgan fingerprint density at radius 1 is 1.14 bits per heavy atom. The van der Waals surface area contributed by atoms with Crippen LogP contribution in [0, 0.1) is 6.92 Å². The van der Waals surface area contributed by atoms with Crippen LogP contribution in [0.2, 0.25) is 0 Å². The number of hydrogen-bond acceptors (Lipinski definition) is 6. The topological polar surface area (TPSA) is 84.3 Å². The molecule has 0 saturated heterocycles. The molecule has 28 heavy (non-hydrogen) atoms. The van der Waals surface area contributed by atoms with E-state index in [4.69, 9.17) is 4.74 Å². The smallest absolute Gasteiger partial charge is 0.335 e. The van der Waals surface area contributed by atoms with Crippen LogP contribution in [-0.2, 0) is 0 Å². The van der Waals surface area contributed by atoms with Gasteiger partial charge in [0.25, 0.3) is 0 Å². The van der Waals surface area contributed by atoms with Crippen LogP contribution in [0.5, 0.6) is 5.75 Å². The molecule has 2 aromatic carbocycles. The van der Waals surface area contributed by atoms with Crippen LogP contribution in [0.15, 0.2) is 54.2 Å². The Morgan fingerprint density at radius 2 is 1.93 bits per heavy atom. The minimum Gasteiger partial charge on any atom is -0.497 e. The third-order valence-electron chi connectivity index (χ3n) is 4.51. The molecule has 0 aliphatic rings. The Morgan fingerprint density at radius 3 is 2.64 bits per heavy atom. The van der Waals surface area contributed by atoms with Gasteiger partial charge in [0, 0.05) is 16.6 Å². The summed E-state index contributed by atoms with van der Waals surface area (Å²) in [7, 11) is 1.64. The number of aryl methyl sites for hydroxylation is 1. The van der Waals surface area contributed by atoms with Crippen molar-refractivity contribution in [3.63, 3.8) is 0 Å². The summed E-state index contributed by atoms with van der Waals surface area (Å²) in [6.45, 7) is 1.92. The van der Waals surface area contributed by atoms with Crippen molar-refractivity contribution in [2.24, 2.45) is 0 Å². The van der Waals surface area contributed by atoms with E-state index >= 15 is 0 Å². The molecule has 140 valence electrons. The van der Waals surface area contributed by atoms with Crippen molar-refractivity contribution in [2.75, 3.05) is 12.4 Å². The van der Waals surface area contributed by atoms with Gasteiger partial charge in [-0.1, -0.05) is 18.2 Å². The van der Waals surface area contributed by atoms with Crippen molar-refractivity contribution in [1.29, 1.82) is 0 Å². The van der Waals surface area contributed by atoms with Crippen molar-refractivity contribution >= 4 is 39.0 Å². The molecule has 0 aliphatic carbocycles. The van der Waals surface area contributed by atoms with Crippen LogP contribution in [0.3, 0.4) is 0 Å². The predicted molar refractivity (Wildman–Crippen MR) is 111 cm³/mol. The average molecular weight is 391 g/mol. The lowest BCUT2D eigenvalue weighted by molar-refractivity contribution is 0.0697. The molecule has 0 aliphatic heterocycles. The van der Waals surface area contributed by atoms with Crippen LogP contribution in [0.1, 0.15) is 15.9 Å². The molecule has 0 atom stereocenters. The number of aromatic nitrogens is 2. The molecular formula is C21H17N3O3S. The lowest BCUT2D eigenvalue weighted by Crippen LogP contribution is -2.01. The largest absolute Gasteiger partial charge is 0.497 e. The highest BCUT2D eigenvalue weighted by atomic mass is 32.1. The third kappa shape index (κ3) is 3.27. The Labute approximate surface area is 165 Å². The number of hydrogen-bond donors (Lipinski definition) is 2. The van der Waals surface area contributed by atoms with Gasteiger partial charge >= 0.3 is 5.97 Å². The first-order valence-corrected chi connectivity index (χ1v) is 9.42. The molecule has 0 spiro atoms. The number of carboxylic acids is 1. The molecule has 0 fully saturated rings. The van der Waals surface area contributed by atoms with Gasteiger partial charge in [0.15, 0.2) is 0 Å². The molecule has 6 nitrogen and oxygen atoms in total. The van der Waals surface area contributed by atoms with Crippen molar-refractivity contribution in [3.8, 4) is 16.9 Å². The van der Waals surface area contributed by atoms with E-state index in [-0.39, 0.29) is 5.56 Å². The number of fused-ring (bicyclic) bond motifs is 1. The molecule has 0 saturated carbocycles. The first-order chi connectivity index (χ1) is 13.6. The van der Waals surface area contributed by atoms with Gasteiger partial charge in [0.2, 0.25) is 0 Å². The van der Waals surface area contributed by atoms with Gasteiger partial charge in [0.05, 0.1) is 18.1 Å². The SMILES string of the molecule is COc1ccc(-c2csc3ncnc(Nc4cc(C(=O)O)ccc4C)c23)cc1. The normalized spacial score (nSPS) is 10.8. The highest BCUT2D eigenvalue weighted by Crippen LogP contribution is 2.38. The lowest BCUT2D eigenvalue weighted by Gasteiger charge is -2.12. The molecule has 4 rings (SSSR count). The number of carboxylic acid groups (broad SMARTS) is 1. The minimum atomic E-state index is -0.967. The summed E-state index contributed by atoms with van der Waals surface area (Å²) in [5.74, 6) is 0.465. The van der Waals surface area contributed by atoms with E-state index in [0.717, 1.165) is 32.7 Å². The summed E-state index contributed by atoms with van der Waals surface area (Å²) in [5, 5.41) is 15.5. The second-order valence-electron chi connectivity index (χ2n) is 6.24. The number of ether oxygens (including phenoxy) is 1. The zero-order valence-corrected chi connectivity index (χ0v) is 16.1. The molecule has 4 aromatic rings. The summed E-state index contributed by atoms with van der Waals surface area (Å²) in [4.78, 5) is 21.0. The third-order valence-corrected chi connectivity index (χ3v) is 5.40. The van der Waals surface area contributed by atoms with Gasteiger partial charge < -0.3 is 15.2 Å². The standard InChI is InChI=1S/C21H17N3O3S/c1-12-3-4-14(21(25)26)9-17(12)24-19-18-16(10-28-20(18)23-11-22-19)13-5-7-15(27-2)8-6-13/h3-11H,1-2H3,(H,25,26)(H,22,23,24). The highest BCUT2D eigenvalue weighted by Gasteiger charge is 2.15. The highest BCUT2D eigenvalue weighted by molar-refractivity contribution is 7.17. The number of aromatic carboxylic acids is 1. The second kappa shape index (κ2) is 7.28. The van der Waals surface area contributed by atoms with Crippen molar-refractivity contribution in [1.82, 2.24) is 9.97 Å². The summed E-state index contributed by atoms with van der Waals surface area (Å²) in [6.07, 6.45) is 1.51. The van der Waals surface area contributed by atoms with Crippen LogP contribution < -0.4 is 10.1 Å². The van der Waals surface area contributed by atoms with E-state index in [1.54, 1.807) is 25.3 Å². The first-order valence-electron chi connectivity index (χ1n) is 8.54. The number of anilines is 2. The summed E-state index contributed by atoms with van der Waals surface area (Å²) in [5.41, 5.74) is 3.89.